The van der Waals surface area contributed by atoms with Gasteiger partial charge < -0.3 is 14.5 Å². The quantitative estimate of drug-likeness (QED) is 0.842. The van der Waals surface area contributed by atoms with E-state index < -0.39 is 5.60 Å². The second-order valence-electron chi connectivity index (χ2n) is 8.27. The Balaban J connectivity index is 1.88. The van der Waals surface area contributed by atoms with Crippen molar-refractivity contribution in [3.63, 3.8) is 0 Å². The molecule has 0 radical (unpaired) electrons. The number of piperazine rings is 1. The molecule has 1 aliphatic heterocycles. The largest absolute Gasteiger partial charge is 0.444 e. The third kappa shape index (κ3) is 5.48. The van der Waals surface area contributed by atoms with Crippen LogP contribution in [0.25, 0.3) is 0 Å². The van der Waals surface area contributed by atoms with Crippen LogP contribution in [0.15, 0.2) is 30.3 Å². The number of carbonyl (C=O) groups excluding carboxylic acids is 2. The number of nitrogens with zero attached hydrogens (tertiary/aromatic N) is 2. The van der Waals surface area contributed by atoms with Crippen LogP contribution in [0.3, 0.4) is 0 Å². The van der Waals surface area contributed by atoms with Gasteiger partial charge in [0, 0.05) is 32.6 Å². The van der Waals surface area contributed by atoms with Crippen LogP contribution in [0.1, 0.15) is 46.6 Å². The molecule has 1 saturated heterocycles. The third-order valence-electron chi connectivity index (χ3n) is 4.43. The number of rotatable bonds is 3. The zero-order valence-corrected chi connectivity index (χ0v) is 16.0. The van der Waals surface area contributed by atoms with Crippen molar-refractivity contribution in [2.45, 2.75) is 52.1 Å². The summed E-state index contributed by atoms with van der Waals surface area (Å²) in [5.41, 5.74) is 0.459. The molecule has 5 heteroatoms. The topological polar surface area (TPSA) is 49.9 Å². The number of ether oxygens (including phenoxy) is 1. The van der Waals surface area contributed by atoms with Gasteiger partial charge in [-0.05, 0) is 31.7 Å². The van der Waals surface area contributed by atoms with Crippen molar-refractivity contribution < 1.29 is 14.3 Å². The van der Waals surface area contributed by atoms with E-state index in [1.807, 2.05) is 43.9 Å². The maximum atomic E-state index is 12.7. The van der Waals surface area contributed by atoms with Gasteiger partial charge in [0.15, 0.2) is 0 Å². The van der Waals surface area contributed by atoms with Crippen LogP contribution in [-0.2, 0) is 14.9 Å². The highest BCUT2D eigenvalue weighted by molar-refractivity contribution is 5.78. The second kappa shape index (κ2) is 7.46. The van der Waals surface area contributed by atoms with Crippen molar-refractivity contribution in [3.05, 3.63) is 35.9 Å². The summed E-state index contributed by atoms with van der Waals surface area (Å²) < 4.78 is 5.39. The van der Waals surface area contributed by atoms with Crippen LogP contribution in [-0.4, -0.2) is 53.6 Å². The van der Waals surface area contributed by atoms with Crippen LogP contribution in [0, 0.1) is 0 Å². The van der Waals surface area contributed by atoms with Gasteiger partial charge in [0.25, 0.3) is 0 Å². The normalized spacial score (nSPS) is 15.9. The van der Waals surface area contributed by atoms with Crippen LogP contribution in [0.2, 0.25) is 0 Å². The van der Waals surface area contributed by atoms with Crippen LogP contribution in [0.4, 0.5) is 4.79 Å². The van der Waals surface area contributed by atoms with Gasteiger partial charge in [0.2, 0.25) is 5.91 Å². The Kier molecular flexibility index (Phi) is 5.76. The minimum Gasteiger partial charge on any atom is -0.444 e. The lowest BCUT2D eigenvalue weighted by Gasteiger charge is -2.37. The van der Waals surface area contributed by atoms with Crippen molar-refractivity contribution in [1.29, 1.82) is 0 Å². The first-order valence-corrected chi connectivity index (χ1v) is 8.90. The molecule has 1 aromatic rings. The SMILES string of the molecule is CC(C)(C)OC(=O)N1CCN(C(=O)CC(C)(C)c2ccccc2)CC1. The van der Waals surface area contributed by atoms with Crippen LogP contribution >= 0.6 is 0 Å². The maximum Gasteiger partial charge on any atom is 0.410 e. The molecule has 0 N–H and O–H groups in total. The highest BCUT2D eigenvalue weighted by atomic mass is 16.6. The summed E-state index contributed by atoms with van der Waals surface area (Å²) in [4.78, 5) is 28.3. The van der Waals surface area contributed by atoms with E-state index in [-0.39, 0.29) is 17.4 Å². The molecule has 1 aliphatic rings. The summed E-state index contributed by atoms with van der Waals surface area (Å²) in [6.45, 7) is 11.9. The number of hydrogen-bond donors (Lipinski definition) is 0. The summed E-state index contributed by atoms with van der Waals surface area (Å²) in [5.74, 6) is 0.137. The highest BCUT2D eigenvalue weighted by Crippen LogP contribution is 2.27. The first-order valence-electron chi connectivity index (χ1n) is 8.90. The predicted octanol–water partition coefficient (Wildman–Crippen LogP) is 3.43. The van der Waals surface area contributed by atoms with Crippen molar-refractivity contribution in [2.75, 3.05) is 26.2 Å². The molecule has 2 amide bonds. The standard InChI is InChI=1S/C20H30N2O3/c1-19(2,3)25-18(24)22-13-11-21(12-14-22)17(23)15-20(4,5)16-9-7-6-8-10-16/h6-10H,11-15H2,1-5H3. The highest BCUT2D eigenvalue weighted by Gasteiger charge is 2.31. The van der Waals surface area contributed by atoms with Gasteiger partial charge in [-0.25, -0.2) is 4.79 Å². The predicted molar refractivity (Wildman–Crippen MR) is 98.5 cm³/mol. The maximum absolute atomic E-state index is 12.7. The fraction of sp³-hybridized carbons (Fsp3) is 0.600. The average molecular weight is 346 g/mol. The van der Waals surface area contributed by atoms with Gasteiger partial charge in [-0.2, -0.15) is 0 Å². The summed E-state index contributed by atoms with van der Waals surface area (Å²) in [6, 6.07) is 10.1. The van der Waals surface area contributed by atoms with E-state index in [1.165, 1.54) is 0 Å². The second-order valence-corrected chi connectivity index (χ2v) is 8.27. The molecule has 138 valence electrons. The molecular formula is C20H30N2O3. The van der Waals surface area contributed by atoms with E-state index in [0.717, 1.165) is 5.56 Å². The number of hydrogen-bond acceptors (Lipinski definition) is 3. The fourth-order valence-electron chi connectivity index (χ4n) is 2.95. The number of carbonyl (C=O) groups is 2. The Morgan fingerprint density at radius 2 is 1.44 bits per heavy atom. The molecule has 1 aromatic carbocycles. The van der Waals surface area contributed by atoms with Gasteiger partial charge >= 0.3 is 6.09 Å². The molecule has 0 aromatic heterocycles. The van der Waals surface area contributed by atoms with Gasteiger partial charge in [-0.3, -0.25) is 4.79 Å². The Labute approximate surface area is 150 Å². The van der Waals surface area contributed by atoms with Crippen molar-refractivity contribution >= 4 is 12.0 Å². The van der Waals surface area contributed by atoms with Gasteiger partial charge in [-0.1, -0.05) is 44.2 Å². The van der Waals surface area contributed by atoms with E-state index in [9.17, 15) is 9.59 Å². The zero-order valence-electron chi connectivity index (χ0n) is 16.0. The van der Waals surface area contributed by atoms with Gasteiger partial charge in [0.1, 0.15) is 5.60 Å². The molecule has 0 aliphatic carbocycles. The lowest BCUT2D eigenvalue weighted by molar-refractivity contribution is -0.134. The number of amides is 2. The van der Waals surface area contributed by atoms with E-state index in [1.54, 1.807) is 4.90 Å². The van der Waals surface area contributed by atoms with E-state index in [0.29, 0.717) is 32.6 Å². The Morgan fingerprint density at radius 1 is 0.920 bits per heavy atom. The molecule has 1 heterocycles. The molecule has 2 rings (SSSR count). The molecular weight excluding hydrogens is 316 g/mol. The van der Waals surface area contributed by atoms with Crippen molar-refractivity contribution in [1.82, 2.24) is 9.80 Å². The van der Waals surface area contributed by atoms with Crippen molar-refractivity contribution in [2.24, 2.45) is 0 Å². The molecule has 0 saturated carbocycles. The van der Waals surface area contributed by atoms with Crippen LogP contribution in [0.5, 0.6) is 0 Å². The summed E-state index contributed by atoms with van der Waals surface area (Å²) >= 11 is 0. The van der Waals surface area contributed by atoms with E-state index in [4.69, 9.17) is 4.74 Å². The van der Waals surface area contributed by atoms with Gasteiger partial charge in [-0.15, -0.1) is 0 Å². The smallest absolute Gasteiger partial charge is 0.410 e. The summed E-state index contributed by atoms with van der Waals surface area (Å²) in [6.07, 6.45) is 0.160. The Morgan fingerprint density at radius 3 is 1.96 bits per heavy atom. The van der Waals surface area contributed by atoms with E-state index in [2.05, 4.69) is 26.0 Å². The lowest BCUT2D eigenvalue weighted by atomic mass is 9.81. The number of benzene rings is 1. The van der Waals surface area contributed by atoms with Crippen molar-refractivity contribution in [3.8, 4) is 0 Å². The minimum absolute atomic E-state index is 0.137. The Bertz CT molecular complexity index is 597. The molecule has 25 heavy (non-hydrogen) atoms. The molecule has 0 spiro atoms. The molecule has 0 atom stereocenters. The summed E-state index contributed by atoms with van der Waals surface area (Å²) in [7, 11) is 0. The summed E-state index contributed by atoms with van der Waals surface area (Å²) in [5, 5.41) is 0. The van der Waals surface area contributed by atoms with Gasteiger partial charge in [0.05, 0.1) is 0 Å². The molecule has 5 nitrogen and oxygen atoms in total. The zero-order chi connectivity index (χ0) is 18.7. The third-order valence-corrected chi connectivity index (χ3v) is 4.43. The molecule has 0 bridgehead atoms. The monoisotopic (exact) mass is 346 g/mol. The first-order chi connectivity index (χ1) is 11.6. The Hall–Kier alpha value is -2.04. The molecule has 1 fully saturated rings. The molecule has 0 unspecified atom stereocenters. The first kappa shape index (κ1) is 19.3. The van der Waals surface area contributed by atoms with Crippen LogP contribution < -0.4 is 0 Å². The van der Waals surface area contributed by atoms with E-state index >= 15 is 0 Å². The minimum atomic E-state index is -0.496. The fourth-order valence-corrected chi connectivity index (χ4v) is 2.95. The lowest BCUT2D eigenvalue weighted by Crippen LogP contribution is -2.52. The average Bonchev–Trinajstić information content (AvgIpc) is 2.54.